The number of rotatable bonds is 7. The SMILES string of the molecule is C/C=C(\C=C/CC)NCCN(C)CC. The molecule has 0 unspecified atom stereocenters. The highest BCUT2D eigenvalue weighted by Gasteiger charge is 1.93. The Kier molecular flexibility index (Phi) is 8.34. The van der Waals surface area contributed by atoms with Crippen molar-refractivity contribution in [2.45, 2.75) is 27.2 Å². The zero-order valence-corrected chi connectivity index (χ0v) is 10.0. The summed E-state index contributed by atoms with van der Waals surface area (Å²) in [6.45, 7) is 9.59. The normalized spacial score (nSPS) is 12.8. The first-order valence-electron chi connectivity index (χ1n) is 5.49. The fourth-order valence-corrected chi connectivity index (χ4v) is 1.05. The van der Waals surface area contributed by atoms with Crippen LogP contribution in [0.15, 0.2) is 23.9 Å². The topological polar surface area (TPSA) is 15.3 Å². The molecule has 0 radical (unpaired) electrons. The predicted octanol–water partition coefficient (Wildman–Crippen LogP) is 2.40. The molecule has 82 valence electrons. The summed E-state index contributed by atoms with van der Waals surface area (Å²) in [5, 5.41) is 3.40. The van der Waals surface area contributed by atoms with Gasteiger partial charge in [-0.15, -0.1) is 0 Å². The predicted molar refractivity (Wildman–Crippen MR) is 64.4 cm³/mol. The zero-order chi connectivity index (χ0) is 10.8. The maximum absolute atomic E-state index is 3.40. The Bertz CT molecular complexity index is 183. The summed E-state index contributed by atoms with van der Waals surface area (Å²) >= 11 is 0. The van der Waals surface area contributed by atoms with Crippen LogP contribution >= 0.6 is 0 Å². The molecule has 0 saturated carbocycles. The number of hydrogen-bond acceptors (Lipinski definition) is 2. The van der Waals surface area contributed by atoms with Crippen LogP contribution in [0.4, 0.5) is 0 Å². The Hall–Kier alpha value is -0.760. The molecule has 0 aromatic rings. The molecule has 14 heavy (non-hydrogen) atoms. The molecule has 2 nitrogen and oxygen atoms in total. The van der Waals surface area contributed by atoms with Gasteiger partial charge in [-0.05, 0) is 33.0 Å². The third kappa shape index (κ3) is 6.72. The van der Waals surface area contributed by atoms with E-state index in [0.29, 0.717) is 0 Å². The molecule has 0 saturated heterocycles. The molecule has 0 rings (SSSR count). The highest BCUT2D eigenvalue weighted by atomic mass is 15.1. The second kappa shape index (κ2) is 8.82. The van der Waals surface area contributed by atoms with E-state index in [1.807, 2.05) is 0 Å². The van der Waals surface area contributed by atoms with Crippen molar-refractivity contribution in [3.05, 3.63) is 23.9 Å². The van der Waals surface area contributed by atoms with Gasteiger partial charge >= 0.3 is 0 Å². The summed E-state index contributed by atoms with van der Waals surface area (Å²) in [7, 11) is 2.14. The Labute approximate surface area is 88.7 Å². The van der Waals surface area contributed by atoms with E-state index >= 15 is 0 Å². The molecule has 0 fully saturated rings. The maximum atomic E-state index is 3.40. The van der Waals surface area contributed by atoms with Gasteiger partial charge in [0.1, 0.15) is 0 Å². The molecular formula is C12H24N2. The van der Waals surface area contributed by atoms with Crippen molar-refractivity contribution in [1.29, 1.82) is 0 Å². The zero-order valence-electron chi connectivity index (χ0n) is 10.0. The molecule has 0 aliphatic rings. The van der Waals surface area contributed by atoms with Crippen molar-refractivity contribution in [3.63, 3.8) is 0 Å². The maximum Gasteiger partial charge on any atom is 0.0294 e. The smallest absolute Gasteiger partial charge is 0.0294 e. The van der Waals surface area contributed by atoms with Gasteiger partial charge < -0.3 is 10.2 Å². The van der Waals surface area contributed by atoms with Gasteiger partial charge in [-0.1, -0.05) is 26.0 Å². The second-order valence-electron chi connectivity index (χ2n) is 3.38. The van der Waals surface area contributed by atoms with Crippen molar-refractivity contribution in [3.8, 4) is 0 Å². The van der Waals surface area contributed by atoms with Crippen LogP contribution in [0, 0.1) is 0 Å². The highest BCUT2D eigenvalue weighted by Crippen LogP contribution is 1.93. The average Bonchev–Trinajstić information content (AvgIpc) is 2.22. The van der Waals surface area contributed by atoms with E-state index in [2.05, 4.69) is 56.3 Å². The molecule has 0 aliphatic carbocycles. The summed E-state index contributed by atoms with van der Waals surface area (Å²) in [5.74, 6) is 0. The molecule has 0 spiro atoms. The van der Waals surface area contributed by atoms with E-state index in [-0.39, 0.29) is 0 Å². The lowest BCUT2D eigenvalue weighted by molar-refractivity contribution is 0.355. The van der Waals surface area contributed by atoms with Crippen LogP contribution in [0.25, 0.3) is 0 Å². The monoisotopic (exact) mass is 196 g/mol. The van der Waals surface area contributed by atoms with Gasteiger partial charge in [-0.2, -0.15) is 0 Å². The standard InChI is InChI=1S/C12H24N2/c1-5-8-9-12(6-2)13-10-11-14(4)7-3/h6,8-9,13H,5,7,10-11H2,1-4H3/b9-8-,12-6+. The number of nitrogens with one attached hydrogen (secondary N) is 1. The van der Waals surface area contributed by atoms with Gasteiger partial charge in [-0.3, -0.25) is 0 Å². The summed E-state index contributed by atoms with van der Waals surface area (Å²) in [6, 6.07) is 0. The Morgan fingerprint density at radius 3 is 2.57 bits per heavy atom. The Morgan fingerprint density at radius 2 is 2.07 bits per heavy atom. The molecule has 0 aromatic heterocycles. The van der Waals surface area contributed by atoms with Crippen molar-refractivity contribution >= 4 is 0 Å². The minimum Gasteiger partial charge on any atom is -0.384 e. The van der Waals surface area contributed by atoms with Crippen LogP contribution in [-0.2, 0) is 0 Å². The van der Waals surface area contributed by atoms with Crippen molar-refractivity contribution in [1.82, 2.24) is 10.2 Å². The lowest BCUT2D eigenvalue weighted by Crippen LogP contribution is -2.28. The van der Waals surface area contributed by atoms with Gasteiger partial charge in [0, 0.05) is 18.8 Å². The summed E-state index contributed by atoms with van der Waals surface area (Å²) < 4.78 is 0. The average molecular weight is 196 g/mol. The molecule has 0 aliphatic heterocycles. The third-order valence-electron chi connectivity index (χ3n) is 2.21. The van der Waals surface area contributed by atoms with Crippen LogP contribution in [-0.4, -0.2) is 31.6 Å². The minimum absolute atomic E-state index is 1.01. The van der Waals surface area contributed by atoms with E-state index in [1.54, 1.807) is 0 Å². The van der Waals surface area contributed by atoms with E-state index in [0.717, 1.165) is 26.1 Å². The van der Waals surface area contributed by atoms with E-state index in [1.165, 1.54) is 5.70 Å². The van der Waals surface area contributed by atoms with Crippen LogP contribution < -0.4 is 5.32 Å². The first kappa shape index (κ1) is 13.2. The van der Waals surface area contributed by atoms with Gasteiger partial charge in [0.15, 0.2) is 0 Å². The molecule has 0 aromatic carbocycles. The van der Waals surface area contributed by atoms with Crippen LogP contribution in [0.3, 0.4) is 0 Å². The van der Waals surface area contributed by atoms with E-state index in [9.17, 15) is 0 Å². The fraction of sp³-hybridized carbons (Fsp3) is 0.667. The quantitative estimate of drug-likeness (QED) is 0.629. The van der Waals surface area contributed by atoms with Crippen molar-refractivity contribution in [2.24, 2.45) is 0 Å². The van der Waals surface area contributed by atoms with Gasteiger partial charge in [0.2, 0.25) is 0 Å². The lowest BCUT2D eigenvalue weighted by Gasteiger charge is -2.14. The minimum atomic E-state index is 1.01. The highest BCUT2D eigenvalue weighted by molar-refractivity contribution is 5.15. The van der Waals surface area contributed by atoms with Crippen LogP contribution in [0.2, 0.25) is 0 Å². The van der Waals surface area contributed by atoms with Crippen molar-refractivity contribution in [2.75, 3.05) is 26.7 Å². The van der Waals surface area contributed by atoms with Gasteiger partial charge in [-0.25, -0.2) is 0 Å². The summed E-state index contributed by atoms with van der Waals surface area (Å²) in [5.41, 5.74) is 1.22. The Morgan fingerprint density at radius 1 is 1.36 bits per heavy atom. The van der Waals surface area contributed by atoms with Crippen LogP contribution in [0.1, 0.15) is 27.2 Å². The third-order valence-corrected chi connectivity index (χ3v) is 2.21. The largest absolute Gasteiger partial charge is 0.384 e. The number of hydrogen-bond donors (Lipinski definition) is 1. The lowest BCUT2D eigenvalue weighted by atomic mass is 10.3. The van der Waals surface area contributed by atoms with Crippen LogP contribution in [0.5, 0.6) is 0 Å². The van der Waals surface area contributed by atoms with Crippen molar-refractivity contribution < 1.29 is 0 Å². The molecule has 0 amide bonds. The number of nitrogens with zero attached hydrogens (tertiary/aromatic N) is 1. The Balaban J connectivity index is 3.69. The van der Waals surface area contributed by atoms with Gasteiger partial charge in [0.25, 0.3) is 0 Å². The fourth-order valence-electron chi connectivity index (χ4n) is 1.05. The van der Waals surface area contributed by atoms with Gasteiger partial charge in [0.05, 0.1) is 0 Å². The first-order valence-corrected chi connectivity index (χ1v) is 5.49. The molecular weight excluding hydrogens is 172 g/mol. The summed E-state index contributed by atoms with van der Waals surface area (Å²) in [6.07, 6.45) is 7.52. The number of allylic oxidation sites excluding steroid dienone is 3. The summed E-state index contributed by atoms with van der Waals surface area (Å²) in [4.78, 5) is 2.30. The molecule has 0 heterocycles. The van der Waals surface area contributed by atoms with E-state index in [4.69, 9.17) is 0 Å². The second-order valence-corrected chi connectivity index (χ2v) is 3.38. The molecule has 0 bridgehead atoms. The number of likely N-dealkylation sites (N-methyl/N-ethyl adjacent to an activating group) is 1. The molecule has 0 atom stereocenters. The molecule has 1 N–H and O–H groups in total. The van der Waals surface area contributed by atoms with E-state index < -0.39 is 0 Å². The first-order chi connectivity index (χ1) is 6.74. The molecule has 2 heteroatoms.